The number of hydrogen-bond acceptors (Lipinski definition) is 5. The van der Waals surface area contributed by atoms with Gasteiger partial charge in [0, 0.05) is 36.3 Å². The molecule has 39 heavy (non-hydrogen) atoms. The van der Waals surface area contributed by atoms with Crippen LogP contribution < -0.4 is 9.47 Å². The molecule has 5 nitrogen and oxygen atoms in total. The average Bonchev–Trinajstić information content (AvgIpc) is 3.50. The highest BCUT2D eigenvalue weighted by Gasteiger charge is 2.20. The first-order valence-electron chi connectivity index (χ1n) is 12.9. The van der Waals surface area contributed by atoms with Crippen LogP contribution in [0.3, 0.4) is 0 Å². The van der Waals surface area contributed by atoms with E-state index in [1.54, 1.807) is 13.3 Å². The Balaban J connectivity index is 1.35. The van der Waals surface area contributed by atoms with Crippen LogP contribution in [0.1, 0.15) is 26.5 Å². The Morgan fingerprint density at radius 3 is 2.33 bits per heavy atom. The third kappa shape index (κ3) is 6.92. The predicted molar refractivity (Wildman–Crippen MR) is 156 cm³/mol. The molecule has 0 radical (unpaired) electrons. The van der Waals surface area contributed by atoms with Crippen LogP contribution in [-0.2, 0) is 19.6 Å². The van der Waals surface area contributed by atoms with Gasteiger partial charge in [0.1, 0.15) is 6.61 Å². The summed E-state index contributed by atoms with van der Waals surface area (Å²) in [5, 5.41) is 0. The highest BCUT2D eigenvalue weighted by molar-refractivity contribution is 7.17. The van der Waals surface area contributed by atoms with E-state index in [9.17, 15) is 4.79 Å². The van der Waals surface area contributed by atoms with Crippen molar-refractivity contribution in [1.29, 1.82) is 0 Å². The van der Waals surface area contributed by atoms with Crippen LogP contribution in [0.4, 0.5) is 0 Å². The van der Waals surface area contributed by atoms with E-state index in [0.29, 0.717) is 42.5 Å². The molecular weight excluding hydrogens is 504 g/mol. The predicted octanol–water partition coefficient (Wildman–Crippen LogP) is 7.28. The summed E-state index contributed by atoms with van der Waals surface area (Å²) in [6.45, 7) is 1.44. The zero-order valence-electron chi connectivity index (χ0n) is 21.8. The lowest BCUT2D eigenvalue weighted by atomic mass is 10.1. The maximum atomic E-state index is 13.8. The molecule has 3 aromatic carbocycles. The van der Waals surface area contributed by atoms with Gasteiger partial charge in [0.2, 0.25) is 0 Å². The minimum absolute atomic E-state index is 0.00137. The molecule has 0 aliphatic rings. The number of carbonyl (C=O) groups excluding carboxylic acids is 1. The Morgan fingerprint density at radius 2 is 1.59 bits per heavy atom. The first-order chi connectivity index (χ1) is 19.2. The molecule has 6 heteroatoms. The van der Waals surface area contributed by atoms with Crippen molar-refractivity contribution >= 4 is 17.2 Å². The lowest BCUT2D eigenvalue weighted by Crippen LogP contribution is -2.32. The van der Waals surface area contributed by atoms with E-state index in [0.717, 1.165) is 27.3 Å². The lowest BCUT2D eigenvalue weighted by Gasteiger charge is -2.23. The molecule has 0 N–H and O–H groups in total. The summed E-state index contributed by atoms with van der Waals surface area (Å²) in [6.07, 6.45) is 2.45. The molecule has 5 aromatic rings. The molecule has 1 amide bonds. The SMILES string of the molecule is COc1cc(CN(CCc2ccccn2)C(=O)c2ccc(-c3ccccc3)s2)ccc1OCc1ccccc1. The van der Waals surface area contributed by atoms with Crippen molar-refractivity contribution in [1.82, 2.24) is 9.88 Å². The van der Waals surface area contributed by atoms with Gasteiger partial charge in [-0.05, 0) is 53.1 Å². The number of thiophene rings is 1. The second-order valence-electron chi connectivity index (χ2n) is 9.09. The molecule has 0 saturated carbocycles. The summed E-state index contributed by atoms with van der Waals surface area (Å²) in [6, 6.07) is 35.8. The quantitative estimate of drug-likeness (QED) is 0.179. The molecule has 2 aromatic heterocycles. The Bertz CT molecular complexity index is 1490. The fourth-order valence-electron chi connectivity index (χ4n) is 4.30. The Morgan fingerprint density at radius 1 is 0.821 bits per heavy atom. The fraction of sp³-hybridized carbons (Fsp3) is 0.152. The van der Waals surface area contributed by atoms with Gasteiger partial charge in [0.05, 0.1) is 12.0 Å². The van der Waals surface area contributed by atoms with Gasteiger partial charge in [-0.2, -0.15) is 0 Å². The number of methoxy groups -OCH3 is 1. The molecule has 0 aliphatic carbocycles. The van der Waals surface area contributed by atoms with Crippen LogP contribution in [0.2, 0.25) is 0 Å². The van der Waals surface area contributed by atoms with Gasteiger partial charge in [-0.15, -0.1) is 11.3 Å². The number of amides is 1. The molecule has 0 bridgehead atoms. The van der Waals surface area contributed by atoms with Gasteiger partial charge in [-0.3, -0.25) is 9.78 Å². The van der Waals surface area contributed by atoms with Crippen LogP contribution in [0.15, 0.2) is 115 Å². The minimum atomic E-state index is 0.00137. The maximum absolute atomic E-state index is 13.8. The summed E-state index contributed by atoms with van der Waals surface area (Å²) in [5.74, 6) is 1.31. The van der Waals surface area contributed by atoms with Crippen LogP contribution >= 0.6 is 11.3 Å². The molecule has 0 spiro atoms. The van der Waals surface area contributed by atoms with Gasteiger partial charge in [0.15, 0.2) is 11.5 Å². The van der Waals surface area contributed by atoms with Crippen molar-refractivity contribution in [3.05, 3.63) is 137 Å². The third-order valence-corrected chi connectivity index (χ3v) is 7.49. The number of ether oxygens (including phenoxy) is 2. The maximum Gasteiger partial charge on any atom is 0.264 e. The molecule has 0 unspecified atom stereocenters. The van der Waals surface area contributed by atoms with Crippen molar-refractivity contribution in [3.8, 4) is 21.9 Å². The van der Waals surface area contributed by atoms with Gasteiger partial charge in [-0.1, -0.05) is 72.8 Å². The fourth-order valence-corrected chi connectivity index (χ4v) is 5.28. The summed E-state index contributed by atoms with van der Waals surface area (Å²) in [7, 11) is 1.63. The van der Waals surface area contributed by atoms with E-state index in [1.807, 2.05) is 102 Å². The number of rotatable bonds is 11. The van der Waals surface area contributed by atoms with Crippen LogP contribution in [0, 0.1) is 0 Å². The standard InChI is InChI=1S/C33H30N2O3S/c1-37-30-22-26(15-16-29(30)38-24-25-10-4-2-5-11-25)23-35(21-19-28-14-8-9-20-34-28)33(36)32-18-17-31(39-32)27-12-6-3-7-13-27/h2-18,20,22H,19,21,23-24H2,1H3. The summed E-state index contributed by atoms with van der Waals surface area (Å²) in [4.78, 5) is 21.9. The zero-order valence-corrected chi connectivity index (χ0v) is 22.6. The number of pyridine rings is 1. The number of nitrogens with zero attached hydrogens (tertiary/aromatic N) is 2. The Hall–Kier alpha value is -4.42. The van der Waals surface area contributed by atoms with Crippen molar-refractivity contribution in [2.24, 2.45) is 0 Å². The van der Waals surface area contributed by atoms with E-state index < -0.39 is 0 Å². The summed E-state index contributed by atoms with van der Waals surface area (Å²) < 4.78 is 11.7. The molecule has 0 aliphatic heterocycles. The normalized spacial score (nSPS) is 10.7. The van der Waals surface area contributed by atoms with Gasteiger partial charge in [-0.25, -0.2) is 0 Å². The van der Waals surface area contributed by atoms with E-state index >= 15 is 0 Å². The zero-order chi connectivity index (χ0) is 26.9. The van der Waals surface area contributed by atoms with Crippen molar-refractivity contribution < 1.29 is 14.3 Å². The van der Waals surface area contributed by atoms with Gasteiger partial charge in [0.25, 0.3) is 5.91 Å². The second-order valence-corrected chi connectivity index (χ2v) is 10.2. The molecule has 196 valence electrons. The Kier molecular flexibility index (Phi) is 8.66. The Labute approximate surface area is 233 Å². The number of hydrogen-bond donors (Lipinski definition) is 0. The third-order valence-electron chi connectivity index (χ3n) is 6.36. The van der Waals surface area contributed by atoms with Crippen molar-refractivity contribution in [2.75, 3.05) is 13.7 Å². The van der Waals surface area contributed by atoms with Crippen LogP contribution in [0.5, 0.6) is 11.5 Å². The molecule has 2 heterocycles. The highest BCUT2D eigenvalue weighted by atomic mass is 32.1. The van der Waals surface area contributed by atoms with E-state index in [4.69, 9.17) is 9.47 Å². The number of carbonyl (C=O) groups is 1. The van der Waals surface area contributed by atoms with Gasteiger partial charge < -0.3 is 14.4 Å². The molecule has 0 atom stereocenters. The first kappa shape index (κ1) is 26.2. The molecule has 0 fully saturated rings. The molecular formula is C33H30N2O3S. The van der Waals surface area contributed by atoms with E-state index in [-0.39, 0.29) is 5.91 Å². The number of aromatic nitrogens is 1. The second kappa shape index (κ2) is 12.9. The smallest absolute Gasteiger partial charge is 0.264 e. The summed E-state index contributed by atoms with van der Waals surface area (Å²) >= 11 is 1.52. The van der Waals surface area contributed by atoms with Crippen LogP contribution in [-0.4, -0.2) is 29.4 Å². The lowest BCUT2D eigenvalue weighted by molar-refractivity contribution is 0.0749. The average molecular weight is 535 g/mol. The van der Waals surface area contributed by atoms with Gasteiger partial charge >= 0.3 is 0 Å². The van der Waals surface area contributed by atoms with Crippen molar-refractivity contribution in [2.45, 2.75) is 19.6 Å². The molecule has 0 saturated heterocycles. The van der Waals surface area contributed by atoms with E-state index in [1.165, 1.54) is 11.3 Å². The van der Waals surface area contributed by atoms with Crippen LogP contribution in [0.25, 0.3) is 10.4 Å². The molecule has 5 rings (SSSR count). The minimum Gasteiger partial charge on any atom is -0.493 e. The first-order valence-corrected chi connectivity index (χ1v) is 13.7. The van der Waals surface area contributed by atoms with Crippen molar-refractivity contribution in [3.63, 3.8) is 0 Å². The highest BCUT2D eigenvalue weighted by Crippen LogP contribution is 2.31. The number of benzene rings is 3. The van der Waals surface area contributed by atoms with E-state index in [2.05, 4.69) is 17.1 Å². The largest absolute Gasteiger partial charge is 0.493 e. The topological polar surface area (TPSA) is 51.7 Å². The monoisotopic (exact) mass is 534 g/mol. The summed E-state index contributed by atoms with van der Waals surface area (Å²) in [5.41, 5.74) is 4.11.